The highest BCUT2D eigenvalue weighted by Gasteiger charge is 2.30. The Kier molecular flexibility index (Phi) is 13.1. The van der Waals surface area contributed by atoms with Crippen LogP contribution < -0.4 is 0 Å². The van der Waals surface area contributed by atoms with Crippen molar-refractivity contribution in [2.75, 3.05) is 0 Å². The van der Waals surface area contributed by atoms with E-state index in [-0.39, 0.29) is 45.0 Å². The monoisotopic (exact) mass is 739 g/mol. The van der Waals surface area contributed by atoms with Crippen LogP contribution in [0.25, 0.3) is 0 Å². The number of benzene rings is 4. The van der Waals surface area contributed by atoms with Gasteiger partial charge in [0.25, 0.3) is 0 Å². The van der Waals surface area contributed by atoms with Gasteiger partial charge in [0.1, 0.15) is 28.7 Å². The zero-order valence-electron chi connectivity index (χ0n) is 36.4. The molecule has 1 unspecified atom stereocenters. The predicted octanol–water partition coefficient (Wildman–Crippen LogP) is 13.0. The summed E-state index contributed by atoms with van der Waals surface area (Å²) in [5.41, 5.74) is 10.5. The fourth-order valence-electron chi connectivity index (χ4n) is 7.53. The molecule has 0 amide bonds. The molecule has 0 spiro atoms. The molecular weight excluding hydrogens is 669 g/mol. The van der Waals surface area contributed by atoms with Crippen LogP contribution in [0.2, 0.25) is 0 Å². The standard InChI is InChI=1S/C37H52O3.C12H18O2/c1-21(25-18-29(35(5,6)7)32(38)15-22(25)2)14-28(26-19-30(36(8,9)10)33(39)16-23(26)3)27-20-31(37(11,12)13)34(40)17-24(27)4;1-5-12(3,4)9-7-10(13)8(2)6-11(9)14/h15-21,28,38-40H,14H2,1-13H3;6-7,13-14H,5H2,1-4H3. The third-order valence-electron chi connectivity index (χ3n) is 11.4. The highest BCUT2D eigenvalue weighted by Crippen LogP contribution is 2.46. The van der Waals surface area contributed by atoms with Crippen molar-refractivity contribution < 1.29 is 25.5 Å². The molecule has 0 bridgehead atoms. The average Bonchev–Trinajstić information content (AvgIpc) is 3.00. The van der Waals surface area contributed by atoms with Crippen LogP contribution in [-0.4, -0.2) is 25.5 Å². The van der Waals surface area contributed by atoms with Crippen LogP contribution in [0.4, 0.5) is 0 Å². The Morgan fingerprint density at radius 1 is 0.426 bits per heavy atom. The third-order valence-corrected chi connectivity index (χ3v) is 11.4. The minimum absolute atomic E-state index is 0.0460. The molecule has 0 aliphatic heterocycles. The molecule has 0 fully saturated rings. The summed E-state index contributed by atoms with van der Waals surface area (Å²) in [6.45, 7) is 35.7. The Hall–Kier alpha value is -4.12. The number of hydrogen-bond acceptors (Lipinski definition) is 5. The number of phenols is 5. The summed E-state index contributed by atoms with van der Waals surface area (Å²) in [6.07, 6.45) is 1.77. The van der Waals surface area contributed by atoms with Gasteiger partial charge >= 0.3 is 0 Å². The number of phenolic OH excluding ortho intramolecular Hbond substituents is 5. The van der Waals surface area contributed by atoms with Gasteiger partial charge in [0.05, 0.1) is 0 Å². The predicted molar refractivity (Wildman–Crippen MR) is 227 cm³/mol. The molecule has 0 aliphatic carbocycles. The third kappa shape index (κ3) is 9.94. The molecule has 4 aromatic rings. The van der Waals surface area contributed by atoms with Crippen LogP contribution in [0.3, 0.4) is 0 Å². The van der Waals surface area contributed by atoms with Gasteiger partial charge in [-0.15, -0.1) is 0 Å². The van der Waals surface area contributed by atoms with Gasteiger partial charge in [0, 0.05) is 11.5 Å². The van der Waals surface area contributed by atoms with E-state index in [2.05, 4.69) is 129 Å². The molecule has 4 aromatic carbocycles. The fourth-order valence-corrected chi connectivity index (χ4v) is 7.53. The number of hydrogen-bond donors (Lipinski definition) is 5. The van der Waals surface area contributed by atoms with E-state index < -0.39 is 0 Å². The van der Waals surface area contributed by atoms with Gasteiger partial charge in [-0.25, -0.2) is 0 Å². The Balaban J connectivity index is 0.000000469. The molecule has 0 saturated carbocycles. The van der Waals surface area contributed by atoms with Crippen molar-refractivity contribution in [1.82, 2.24) is 0 Å². The summed E-state index contributed by atoms with van der Waals surface area (Å²) >= 11 is 0. The lowest BCUT2D eigenvalue weighted by molar-refractivity contribution is 0.418. The quantitative estimate of drug-likeness (QED) is 0.122. The summed E-state index contributed by atoms with van der Waals surface area (Å²) in [5, 5.41) is 51.9. The summed E-state index contributed by atoms with van der Waals surface area (Å²) in [5.74, 6) is 1.79. The van der Waals surface area contributed by atoms with Crippen LogP contribution in [0, 0.1) is 27.7 Å². The molecule has 5 heteroatoms. The highest BCUT2D eigenvalue weighted by atomic mass is 16.3. The molecule has 0 heterocycles. The molecule has 0 aromatic heterocycles. The zero-order chi connectivity index (χ0) is 41.5. The summed E-state index contributed by atoms with van der Waals surface area (Å²) in [7, 11) is 0. The van der Waals surface area contributed by atoms with E-state index in [1.165, 1.54) is 16.7 Å². The van der Waals surface area contributed by atoms with Crippen molar-refractivity contribution in [2.45, 2.75) is 164 Å². The molecule has 5 N–H and O–H groups in total. The van der Waals surface area contributed by atoms with Gasteiger partial charge in [0.2, 0.25) is 0 Å². The van der Waals surface area contributed by atoms with Crippen LogP contribution >= 0.6 is 0 Å². The molecule has 0 saturated heterocycles. The van der Waals surface area contributed by atoms with Gasteiger partial charge in [-0.05, 0) is 154 Å². The lowest BCUT2D eigenvalue weighted by atomic mass is 9.74. The molecule has 0 radical (unpaired) electrons. The Bertz CT molecular complexity index is 1890. The SMILES string of the molecule is CCC(C)(C)c1cc(O)c(C)cc1O.Cc1cc(O)c(C(C)(C)C)cc1C(C)CC(c1cc(C(C)(C)C)c(O)cc1C)c1cc(C(C)(C)C)c(O)cc1C. The molecule has 4 rings (SSSR count). The van der Waals surface area contributed by atoms with Crippen LogP contribution in [0.5, 0.6) is 28.7 Å². The van der Waals surface area contributed by atoms with Gasteiger partial charge in [-0.3, -0.25) is 0 Å². The van der Waals surface area contributed by atoms with Gasteiger partial charge < -0.3 is 25.5 Å². The van der Waals surface area contributed by atoms with Crippen LogP contribution in [0.15, 0.2) is 48.5 Å². The van der Waals surface area contributed by atoms with Gasteiger partial charge in [-0.2, -0.15) is 0 Å². The van der Waals surface area contributed by atoms with E-state index in [1.54, 1.807) is 19.1 Å². The number of rotatable bonds is 7. The second kappa shape index (κ2) is 15.9. The lowest BCUT2D eigenvalue weighted by Gasteiger charge is -2.31. The normalized spacial score (nSPS) is 13.1. The highest BCUT2D eigenvalue weighted by molar-refractivity contribution is 5.54. The van der Waals surface area contributed by atoms with E-state index in [9.17, 15) is 25.5 Å². The van der Waals surface area contributed by atoms with Crippen molar-refractivity contribution in [3.63, 3.8) is 0 Å². The minimum atomic E-state index is -0.210. The van der Waals surface area contributed by atoms with E-state index in [0.29, 0.717) is 22.8 Å². The van der Waals surface area contributed by atoms with Gasteiger partial charge in [-0.1, -0.05) is 108 Å². The minimum Gasteiger partial charge on any atom is -0.508 e. The fraction of sp³-hybridized carbons (Fsp3) is 0.510. The van der Waals surface area contributed by atoms with E-state index in [1.807, 2.05) is 18.2 Å². The van der Waals surface area contributed by atoms with E-state index >= 15 is 0 Å². The molecule has 0 aliphatic rings. The van der Waals surface area contributed by atoms with Crippen molar-refractivity contribution in [3.8, 4) is 28.7 Å². The summed E-state index contributed by atoms with van der Waals surface area (Å²) in [4.78, 5) is 0. The van der Waals surface area contributed by atoms with Crippen molar-refractivity contribution in [3.05, 3.63) is 110 Å². The molecule has 5 nitrogen and oxygen atoms in total. The molecule has 54 heavy (non-hydrogen) atoms. The zero-order valence-corrected chi connectivity index (χ0v) is 36.4. The second-order valence-corrected chi connectivity index (χ2v) is 19.5. The smallest absolute Gasteiger partial charge is 0.119 e. The Morgan fingerprint density at radius 3 is 1.09 bits per heavy atom. The lowest BCUT2D eigenvalue weighted by Crippen LogP contribution is -2.17. The van der Waals surface area contributed by atoms with Gasteiger partial charge in [0.15, 0.2) is 0 Å². The molecule has 296 valence electrons. The Morgan fingerprint density at radius 2 is 0.741 bits per heavy atom. The van der Waals surface area contributed by atoms with E-state index in [0.717, 1.165) is 51.8 Å². The van der Waals surface area contributed by atoms with Crippen molar-refractivity contribution >= 4 is 0 Å². The van der Waals surface area contributed by atoms with Crippen LogP contribution in [0.1, 0.15) is 176 Å². The van der Waals surface area contributed by atoms with Crippen molar-refractivity contribution in [1.29, 1.82) is 0 Å². The maximum absolute atomic E-state index is 10.9. The maximum atomic E-state index is 10.9. The summed E-state index contributed by atoms with van der Waals surface area (Å²) < 4.78 is 0. The molecular formula is C49H70O5. The first-order chi connectivity index (χ1) is 24.5. The Labute approximate surface area is 327 Å². The van der Waals surface area contributed by atoms with E-state index in [4.69, 9.17) is 0 Å². The second-order valence-electron chi connectivity index (χ2n) is 19.5. The molecule has 1 atom stereocenters. The maximum Gasteiger partial charge on any atom is 0.119 e. The first kappa shape index (κ1) is 44.3. The average molecular weight is 739 g/mol. The number of aryl methyl sites for hydroxylation is 4. The number of aromatic hydroxyl groups is 5. The first-order valence-electron chi connectivity index (χ1n) is 19.6. The summed E-state index contributed by atoms with van der Waals surface area (Å²) in [6, 6.07) is 15.6. The van der Waals surface area contributed by atoms with Crippen molar-refractivity contribution in [2.24, 2.45) is 0 Å². The topological polar surface area (TPSA) is 101 Å². The first-order valence-corrected chi connectivity index (χ1v) is 19.6. The largest absolute Gasteiger partial charge is 0.508 e. The van der Waals surface area contributed by atoms with Crippen LogP contribution in [-0.2, 0) is 21.7 Å².